The molecule has 1 aromatic carbocycles. The molecular formula is C17H23N3O2S. The van der Waals surface area contributed by atoms with Crippen LogP contribution in [0.15, 0.2) is 35.5 Å². The quantitative estimate of drug-likeness (QED) is 0.868. The second kappa shape index (κ2) is 6.09. The van der Waals surface area contributed by atoms with Crippen molar-refractivity contribution in [2.24, 2.45) is 7.05 Å². The zero-order valence-electron chi connectivity index (χ0n) is 13.9. The van der Waals surface area contributed by atoms with Gasteiger partial charge < -0.3 is 0 Å². The van der Waals surface area contributed by atoms with Crippen LogP contribution in [0.1, 0.15) is 42.0 Å². The summed E-state index contributed by atoms with van der Waals surface area (Å²) < 4.78 is 29.5. The second-order valence-electron chi connectivity index (χ2n) is 6.29. The van der Waals surface area contributed by atoms with Gasteiger partial charge in [-0.05, 0) is 32.3 Å². The van der Waals surface area contributed by atoms with Gasteiger partial charge in [-0.2, -0.15) is 9.40 Å². The van der Waals surface area contributed by atoms with E-state index in [0.29, 0.717) is 17.1 Å². The molecule has 0 bridgehead atoms. The minimum Gasteiger partial charge on any atom is -0.256 e. The Morgan fingerprint density at radius 3 is 2.43 bits per heavy atom. The molecule has 0 saturated carbocycles. The largest absolute Gasteiger partial charge is 0.261 e. The fraction of sp³-hybridized carbons (Fsp3) is 0.471. The summed E-state index contributed by atoms with van der Waals surface area (Å²) in [4.78, 5) is 0. The molecule has 5 nitrogen and oxygen atoms in total. The first-order chi connectivity index (χ1) is 10.9. The van der Waals surface area contributed by atoms with Gasteiger partial charge in [0.25, 0.3) is 10.0 Å². The van der Waals surface area contributed by atoms with E-state index in [4.69, 9.17) is 0 Å². The van der Waals surface area contributed by atoms with E-state index in [-0.39, 0.29) is 6.04 Å². The maximum absolute atomic E-state index is 13.2. The summed E-state index contributed by atoms with van der Waals surface area (Å²) in [5.74, 6) is 0. The van der Waals surface area contributed by atoms with Gasteiger partial charge in [0.1, 0.15) is 0 Å². The van der Waals surface area contributed by atoms with Crippen molar-refractivity contribution < 1.29 is 8.42 Å². The molecule has 1 aliphatic heterocycles. The normalized spacial score (nSPS) is 19.9. The van der Waals surface area contributed by atoms with E-state index in [0.717, 1.165) is 24.8 Å². The topological polar surface area (TPSA) is 55.2 Å². The lowest BCUT2D eigenvalue weighted by Gasteiger charge is -2.35. The van der Waals surface area contributed by atoms with Crippen LogP contribution in [0.25, 0.3) is 0 Å². The number of hydrogen-bond donors (Lipinski definition) is 0. The number of hydrogen-bond acceptors (Lipinski definition) is 3. The van der Waals surface area contributed by atoms with Crippen molar-refractivity contribution in [3.05, 3.63) is 47.2 Å². The molecule has 2 aromatic rings. The molecule has 0 amide bonds. The van der Waals surface area contributed by atoms with Crippen LogP contribution in [0.2, 0.25) is 0 Å². The van der Waals surface area contributed by atoms with E-state index in [1.54, 1.807) is 24.5 Å². The van der Waals surface area contributed by atoms with Crippen molar-refractivity contribution in [2.75, 3.05) is 6.54 Å². The Labute approximate surface area is 138 Å². The molecule has 124 valence electrons. The van der Waals surface area contributed by atoms with Gasteiger partial charge in [-0.25, -0.2) is 8.42 Å². The number of benzene rings is 1. The molecule has 1 atom stereocenters. The Morgan fingerprint density at radius 1 is 1.13 bits per heavy atom. The Hall–Kier alpha value is -1.66. The van der Waals surface area contributed by atoms with Crippen LogP contribution in [0.5, 0.6) is 0 Å². The van der Waals surface area contributed by atoms with E-state index in [1.165, 1.54) is 10.2 Å². The molecule has 1 saturated heterocycles. The number of sulfonamides is 1. The van der Waals surface area contributed by atoms with Gasteiger partial charge >= 0.3 is 0 Å². The average Bonchev–Trinajstić information content (AvgIpc) is 2.87. The van der Waals surface area contributed by atoms with Gasteiger partial charge in [-0.1, -0.05) is 36.2 Å². The van der Waals surface area contributed by atoms with Crippen molar-refractivity contribution in [2.45, 2.75) is 44.2 Å². The molecule has 0 spiro atoms. The maximum atomic E-state index is 13.2. The van der Waals surface area contributed by atoms with E-state index < -0.39 is 10.0 Å². The van der Waals surface area contributed by atoms with Crippen molar-refractivity contribution >= 4 is 10.0 Å². The minimum absolute atomic E-state index is 0.0938. The summed E-state index contributed by atoms with van der Waals surface area (Å²) in [5, 5.41) is 4.40. The predicted octanol–water partition coefficient (Wildman–Crippen LogP) is 2.95. The maximum Gasteiger partial charge on any atom is 0.261 e. The van der Waals surface area contributed by atoms with Gasteiger partial charge in [-0.15, -0.1) is 0 Å². The molecule has 23 heavy (non-hydrogen) atoms. The minimum atomic E-state index is -3.55. The highest BCUT2D eigenvalue weighted by Gasteiger charge is 2.36. The van der Waals surface area contributed by atoms with Crippen LogP contribution in [-0.4, -0.2) is 29.0 Å². The monoisotopic (exact) mass is 333 g/mol. The molecule has 3 rings (SSSR count). The van der Waals surface area contributed by atoms with Crippen molar-refractivity contribution in [1.29, 1.82) is 0 Å². The zero-order valence-corrected chi connectivity index (χ0v) is 14.7. The SMILES string of the molecule is Cc1ccc(C2CCCCN2S(=O)(=O)c2c(C)cnn2C)cc1. The molecule has 0 radical (unpaired) electrons. The molecule has 1 aromatic heterocycles. The summed E-state index contributed by atoms with van der Waals surface area (Å²) in [6.45, 7) is 4.40. The lowest BCUT2D eigenvalue weighted by molar-refractivity contribution is 0.254. The van der Waals surface area contributed by atoms with Gasteiger partial charge in [-0.3, -0.25) is 4.68 Å². The van der Waals surface area contributed by atoms with Crippen LogP contribution >= 0.6 is 0 Å². The lowest BCUT2D eigenvalue weighted by atomic mass is 9.97. The summed E-state index contributed by atoms with van der Waals surface area (Å²) in [6, 6.07) is 8.09. The molecule has 1 unspecified atom stereocenters. The Balaban J connectivity index is 2.03. The third-order valence-corrected chi connectivity index (χ3v) is 6.65. The van der Waals surface area contributed by atoms with Gasteiger partial charge in [0, 0.05) is 19.2 Å². The fourth-order valence-corrected chi connectivity index (χ4v) is 5.33. The van der Waals surface area contributed by atoms with Crippen LogP contribution in [0, 0.1) is 13.8 Å². The van der Waals surface area contributed by atoms with Gasteiger partial charge in [0.15, 0.2) is 5.03 Å². The van der Waals surface area contributed by atoms with Gasteiger partial charge in [0.05, 0.1) is 12.2 Å². The zero-order chi connectivity index (χ0) is 16.6. The summed E-state index contributed by atoms with van der Waals surface area (Å²) >= 11 is 0. The van der Waals surface area contributed by atoms with E-state index >= 15 is 0 Å². The van der Waals surface area contributed by atoms with Crippen LogP contribution in [-0.2, 0) is 17.1 Å². The first-order valence-corrected chi connectivity index (χ1v) is 9.42. The first kappa shape index (κ1) is 16.2. The van der Waals surface area contributed by atoms with Gasteiger partial charge in [0.2, 0.25) is 0 Å². The molecule has 0 aliphatic carbocycles. The highest BCUT2D eigenvalue weighted by molar-refractivity contribution is 7.89. The van der Waals surface area contributed by atoms with Crippen molar-refractivity contribution in [3.63, 3.8) is 0 Å². The number of nitrogens with zero attached hydrogens (tertiary/aromatic N) is 3. The van der Waals surface area contributed by atoms with Crippen molar-refractivity contribution in [1.82, 2.24) is 14.1 Å². The standard InChI is InChI=1S/C17H23N3O2S/c1-13-7-9-15(10-8-13)16-6-4-5-11-20(16)23(21,22)17-14(2)12-18-19(17)3/h7-10,12,16H,4-6,11H2,1-3H3. The Kier molecular flexibility index (Phi) is 4.29. The summed E-state index contributed by atoms with van der Waals surface area (Å²) in [5.41, 5.74) is 2.95. The molecule has 1 fully saturated rings. The van der Waals surface area contributed by atoms with Crippen molar-refractivity contribution in [3.8, 4) is 0 Å². The van der Waals surface area contributed by atoms with Crippen LogP contribution < -0.4 is 0 Å². The predicted molar refractivity (Wildman–Crippen MR) is 89.6 cm³/mol. The number of rotatable bonds is 3. The number of aryl methyl sites for hydroxylation is 3. The Morgan fingerprint density at radius 2 is 1.83 bits per heavy atom. The van der Waals surface area contributed by atoms with Crippen LogP contribution in [0.4, 0.5) is 0 Å². The molecule has 1 aliphatic rings. The third kappa shape index (κ3) is 2.93. The average molecular weight is 333 g/mol. The molecule has 2 heterocycles. The number of aromatic nitrogens is 2. The smallest absolute Gasteiger partial charge is 0.256 e. The van der Waals surface area contributed by atoms with Crippen LogP contribution in [0.3, 0.4) is 0 Å². The Bertz CT molecular complexity index is 774. The highest BCUT2D eigenvalue weighted by Crippen LogP contribution is 2.36. The summed E-state index contributed by atoms with van der Waals surface area (Å²) in [6.07, 6.45) is 4.42. The van der Waals surface area contributed by atoms with E-state index in [9.17, 15) is 8.42 Å². The molecule has 6 heteroatoms. The molecular weight excluding hydrogens is 310 g/mol. The first-order valence-electron chi connectivity index (χ1n) is 7.98. The lowest BCUT2D eigenvalue weighted by Crippen LogP contribution is -2.39. The third-order valence-electron chi connectivity index (χ3n) is 4.52. The summed E-state index contributed by atoms with van der Waals surface area (Å²) in [7, 11) is -1.87. The van der Waals surface area contributed by atoms with E-state index in [1.807, 2.05) is 31.2 Å². The highest BCUT2D eigenvalue weighted by atomic mass is 32.2. The number of piperidine rings is 1. The van der Waals surface area contributed by atoms with E-state index in [2.05, 4.69) is 5.10 Å². The second-order valence-corrected chi connectivity index (χ2v) is 8.10. The fourth-order valence-electron chi connectivity index (χ4n) is 3.33. The molecule has 0 N–H and O–H groups in total.